The van der Waals surface area contributed by atoms with E-state index in [1.807, 2.05) is 0 Å². The summed E-state index contributed by atoms with van der Waals surface area (Å²) in [5.74, 6) is -5.84. The Morgan fingerprint density at radius 1 is 0.919 bits per heavy atom. The number of nitrogens with one attached hydrogen (secondary N) is 1. The maximum absolute atomic E-state index is 15.3. The third kappa shape index (κ3) is 11.4. The SMILES string of the molecule is CCOC(C)O[C@@H](C(=O)O[C@H]1C[C@@]2(O)[C@@H](OC(=O)c3ccccc3)[C@@H]3[C@]4(OC(C)=O)CO[C@@H]4C[C@H](O[Si](CC)(CC)CC)[C@@]3(C)[C@@H](O)[C@H](OC(C)=O)C(=C1C)C2(C)C)[C@H](NC(=O)OC(C)(C)C)[C@H]1COC(C)(C)O1. The molecule has 1 unspecified atom stereocenters. The van der Waals surface area contributed by atoms with Gasteiger partial charge in [0, 0.05) is 44.1 Å². The maximum atomic E-state index is 15.3. The molecule has 2 aliphatic heterocycles. The number of ether oxygens (including phenoxy) is 10. The van der Waals surface area contributed by atoms with Crippen LogP contribution in [0.4, 0.5) is 4.79 Å². The molecule has 0 spiro atoms. The van der Waals surface area contributed by atoms with Crippen LogP contribution in [0.15, 0.2) is 41.5 Å². The van der Waals surface area contributed by atoms with Gasteiger partial charge in [-0.25, -0.2) is 14.4 Å². The first-order valence-electron chi connectivity index (χ1n) is 26.2. The Labute approximate surface area is 437 Å². The lowest BCUT2D eigenvalue weighted by molar-refractivity contribution is -0.363. The van der Waals surface area contributed by atoms with Gasteiger partial charge in [0.2, 0.25) is 0 Å². The highest BCUT2D eigenvalue weighted by Crippen LogP contribution is 2.66. The van der Waals surface area contributed by atoms with Crippen molar-refractivity contribution in [1.82, 2.24) is 5.32 Å². The second-order valence-corrected chi connectivity index (χ2v) is 27.6. The summed E-state index contributed by atoms with van der Waals surface area (Å²) < 4.78 is 69.7. The van der Waals surface area contributed by atoms with E-state index in [-0.39, 0.29) is 37.4 Å². The van der Waals surface area contributed by atoms with Crippen LogP contribution in [-0.2, 0) is 66.2 Å². The summed E-state index contributed by atoms with van der Waals surface area (Å²) in [6, 6.07) is 8.98. The lowest BCUT2D eigenvalue weighted by Gasteiger charge is -2.70. The van der Waals surface area contributed by atoms with Gasteiger partial charge in [-0.05, 0) is 96.8 Å². The van der Waals surface area contributed by atoms with Crippen LogP contribution >= 0.6 is 0 Å². The van der Waals surface area contributed by atoms with Crippen molar-refractivity contribution in [2.24, 2.45) is 16.7 Å². The minimum absolute atomic E-state index is 0.0848. The Balaban J connectivity index is 1.62. The second-order valence-electron chi connectivity index (χ2n) is 22.8. The minimum Gasteiger partial charge on any atom is -0.456 e. The van der Waals surface area contributed by atoms with Gasteiger partial charge in [0.05, 0.1) is 36.8 Å². The number of hydrogen-bond acceptors (Lipinski definition) is 18. The first-order chi connectivity index (χ1) is 34.4. The highest BCUT2D eigenvalue weighted by Gasteiger charge is 2.79. The fraction of sp³-hybridized carbons (Fsp3) is 0.759. The zero-order valence-corrected chi connectivity index (χ0v) is 47.3. The van der Waals surface area contributed by atoms with E-state index < -0.39 is 145 Å². The molecule has 0 radical (unpaired) electrons. The number of rotatable bonds is 18. The number of carbonyl (C=O) groups is 5. The van der Waals surface area contributed by atoms with E-state index in [2.05, 4.69) is 26.1 Å². The molecule has 4 fully saturated rings. The number of aliphatic hydroxyl groups excluding tert-OH is 1. The van der Waals surface area contributed by atoms with Crippen LogP contribution in [-0.4, -0.2) is 152 Å². The number of amides is 1. The van der Waals surface area contributed by atoms with Crippen LogP contribution in [0.1, 0.15) is 134 Å². The molecule has 14 atom stereocenters. The number of carbonyl (C=O) groups excluding carboxylic acids is 5. The van der Waals surface area contributed by atoms with E-state index in [4.69, 9.17) is 51.8 Å². The molecule has 1 amide bonds. The molecule has 2 saturated carbocycles. The van der Waals surface area contributed by atoms with E-state index in [0.717, 1.165) is 0 Å². The maximum Gasteiger partial charge on any atom is 0.408 e. The third-order valence-electron chi connectivity index (χ3n) is 16.4. The summed E-state index contributed by atoms with van der Waals surface area (Å²) in [7, 11) is -2.62. The molecule has 3 N–H and O–H groups in total. The Morgan fingerprint density at radius 3 is 2.07 bits per heavy atom. The first kappa shape index (κ1) is 59.3. The summed E-state index contributed by atoms with van der Waals surface area (Å²) in [5, 5.41) is 30.8. The molecule has 74 heavy (non-hydrogen) atoms. The number of fused-ring (bicyclic) bond motifs is 5. The highest BCUT2D eigenvalue weighted by molar-refractivity contribution is 6.73. The summed E-state index contributed by atoms with van der Waals surface area (Å²) in [6.07, 6.45) is -13.2. The van der Waals surface area contributed by atoms with Gasteiger partial charge >= 0.3 is 30.0 Å². The zero-order chi connectivity index (χ0) is 55.1. The van der Waals surface area contributed by atoms with Crippen molar-refractivity contribution in [1.29, 1.82) is 0 Å². The predicted octanol–water partition coefficient (Wildman–Crippen LogP) is 6.84. The first-order valence-corrected chi connectivity index (χ1v) is 28.7. The molecule has 2 saturated heterocycles. The van der Waals surface area contributed by atoms with E-state index in [0.29, 0.717) is 23.7 Å². The highest BCUT2D eigenvalue weighted by atomic mass is 28.4. The Hall–Kier alpha value is -3.99. The smallest absolute Gasteiger partial charge is 0.408 e. The molecule has 2 heterocycles. The van der Waals surface area contributed by atoms with Crippen molar-refractivity contribution in [3.8, 4) is 0 Å². The molecule has 0 aromatic heterocycles. The molecule has 416 valence electrons. The summed E-state index contributed by atoms with van der Waals surface area (Å²) in [6.45, 7) is 27.0. The summed E-state index contributed by atoms with van der Waals surface area (Å²) >= 11 is 0. The number of alkyl carbamates (subject to hydrolysis) is 1. The van der Waals surface area contributed by atoms with Gasteiger partial charge in [0.1, 0.15) is 41.7 Å². The van der Waals surface area contributed by atoms with Gasteiger partial charge in [-0.2, -0.15) is 0 Å². The molecule has 6 rings (SSSR count). The molecular formula is C54H83NO18Si. The molecule has 19 nitrogen and oxygen atoms in total. The monoisotopic (exact) mass is 1060 g/mol. The average Bonchev–Trinajstić information content (AvgIpc) is 3.68. The lowest BCUT2D eigenvalue weighted by Crippen LogP contribution is -2.83. The second kappa shape index (κ2) is 22.2. The summed E-state index contributed by atoms with van der Waals surface area (Å²) in [5.41, 5.74) is -7.58. The Bertz CT molecular complexity index is 2240. The van der Waals surface area contributed by atoms with Gasteiger partial charge in [-0.1, -0.05) is 59.7 Å². The molecular weight excluding hydrogens is 979 g/mol. The van der Waals surface area contributed by atoms with Crippen LogP contribution in [0.5, 0.6) is 0 Å². The number of aliphatic hydroxyl groups is 2. The molecule has 1 aromatic rings. The van der Waals surface area contributed by atoms with Crippen LogP contribution in [0.3, 0.4) is 0 Å². The Morgan fingerprint density at radius 2 is 1.55 bits per heavy atom. The van der Waals surface area contributed by atoms with E-state index in [9.17, 15) is 29.4 Å². The van der Waals surface area contributed by atoms with Crippen LogP contribution < -0.4 is 5.32 Å². The molecule has 3 aliphatic carbocycles. The van der Waals surface area contributed by atoms with E-state index >= 15 is 4.79 Å². The fourth-order valence-corrected chi connectivity index (χ4v) is 15.3. The average molecular weight is 1060 g/mol. The van der Waals surface area contributed by atoms with Crippen molar-refractivity contribution in [2.75, 3.05) is 19.8 Å². The van der Waals surface area contributed by atoms with Crippen molar-refractivity contribution in [2.45, 2.75) is 226 Å². The van der Waals surface area contributed by atoms with E-state index in [1.165, 1.54) is 13.8 Å². The van der Waals surface area contributed by atoms with Gasteiger partial charge < -0.3 is 67.3 Å². The largest absolute Gasteiger partial charge is 0.456 e. The fourth-order valence-electron chi connectivity index (χ4n) is 12.4. The van der Waals surface area contributed by atoms with Gasteiger partial charge in [-0.3, -0.25) is 9.59 Å². The van der Waals surface area contributed by atoms with Crippen LogP contribution in [0.25, 0.3) is 0 Å². The third-order valence-corrected chi connectivity index (χ3v) is 21.0. The number of esters is 4. The lowest BCUT2D eigenvalue weighted by atomic mass is 9.44. The van der Waals surface area contributed by atoms with Gasteiger partial charge in [0.25, 0.3) is 0 Å². The predicted molar refractivity (Wildman–Crippen MR) is 270 cm³/mol. The Kier molecular flexibility index (Phi) is 17.7. The standard InChI is InChI=1S/C54H83NO18Si/c1-17-63-33(8)67-42(40(36-28-65-51(14,15)71-36)55-48(61)72-49(9,10)11)47(60)68-35-27-54(62)45(69-46(59)34-24-22-21-23-25-34)43-52(16,44(58)41(66-31(6)56)39(30(35)5)50(54,12)13)37(73-74(18-2,19-3)20-4)26-38-53(43,29-64-38)70-32(7)57/h21-25,33,35-38,40-45,58,62H,17-20,26-29H2,1-16H3,(H,55,61)/t33?,35-,36+,37-,38+,40+,41+,42+,43-,44-,45-,52+,53-,54+/m0/s1. The zero-order valence-electron chi connectivity index (χ0n) is 46.3. The normalized spacial score (nSPS) is 33.4. The quantitative estimate of drug-likeness (QED) is 0.0448. The van der Waals surface area contributed by atoms with Crippen molar-refractivity contribution >= 4 is 38.3 Å². The number of benzene rings is 1. The van der Waals surface area contributed by atoms with Crippen LogP contribution in [0.2, 0.25) is 18.1 Å². The van der Waals surface area contributed by atoms with Crippen LogP contribution in [0, 0.1) is 16.7 Å². The van der Waals surface area contributed by atoms with Gasteiger partial charge in [0.15, 0.2) is 38.2 Å². The van der Waals surface area contributed by atoms with Crippen molar-refractivity contribution < 1.29 is 86.0 Å². The minimum atomic E-state index is -2.62. The molecule has 20 heteroatoms. The van der Waals surface area contributed by atoms with Crippen molar-refractivity contribution in [3.05, 3.63) is 47.0 Å². The molecule has 2 bridgehead atoms. The van der Waals surface area contributed by atoms with E-state index in [1.54, 1.807) is 106 Å². The topological polar surface area (TPSA) is 239 Å². The number of hydrogen-bond donors (Lipinski definition) is 3. The van der Waals surface area contributed by atoms with Crippen molar-refractivity contribution in [3.63, 3.8) is 0 Å². The van der Waals surface area contributed by atoms with Gasteiger partial charge in [-0.15, -0.1) is 0 Å². The molecule has 5 aliphatic rings. The molecule has 1 aromatic carbocycles. The summed E-state index contributed by atoms with van der Waals surface area (Å²) in [4.78, 5) is 70.9.